The average Bonchev–Trinajstić information content (AvgIpc) is 2.40. The zero-order valence-electron chi connectivity index (χ0n) is 7.10. The lowest BCUT2D eigenvalue weighted by Crippen LogP contribution is -2.04. The van der Waals surface area contributed by atoms with E-state index in [1.165, 1.54) is 0 Å². The van der Waals surface area contributed by atoms with E-state index in [1.807, 2.05) is 0 Å². The lowest BCUT2D eigenvalue weighted by molar-refractivity contribution is -0.108. The van der Waals surface area contributed by atoms with Crippen LogP contribution in [-0.4, -0.2) is 20.5 Å². The summed E-state index contributed by atoms with van der Waals surface area (Å²) >= 11 is 3.26. The molecule has 1 heterocycles. The predicted molar refractivity (Wildman–Crippen MR) is 55.0 cm³/mol. The smallest absolute Gasteiger partial charge is 0.179 e. The lowest BCUT2D eigenvalue weighted by atomic mass is 10.0. The predicted octanol–water partition coefficient (Wildman–Crippen LogP) is 1.52. The Morgan fingerprint density at radius 2 is 2.14 bits per heavy atom. The van der Waals surface area contributed by atoms with E-state index >= 15 is 0 Å². The normalized spacial score (nSPS) is 23.1. The van der Waals surface area contributed by atoms with Crippen LogP contribution < -0.4 is 0 Å². The second kappa shape index (κ2) is 3.17. The van der Waals surface area contributed by atoms with Crippen LogP contribution in [0.4, 0.5) is 0 Å². The number of halogens is 1. The second-order valence-electron chi connectivity index (χ2n) is 3.18. The number of carbonyl (C=O) groups is 1. The first-order valence-electron chi connectivity index (χ1n) is 4.03. The van der Waals surface area contributed by atoms with Crippen molar-refractivity contribution in [1.29, 1.82) is 0 Å². The van der Waals surface area contributed by atoms with E-state index in [2.05, 4.69) is 15.9 Å². The molecule has 1 aliphatic heterocycles. The van der Waals surface area contributed by atoms with Gasteiger partial charge < -0.3 is 4.79 Å². The van der Waals surface area contributed by atoms with Crippen LogP contribution in [0.5, 0.6) is 0 Å². The number of aldehydes is 1. The first-order chi connectivity index (χ1) is 6.56. The SMILES string of the molecule is O=CC1CS(=O)(=O)c2cccc(Br)c21. The van der Waals surface area contributed by atoms with Gasteiger partial charge in [-0.15, -0.1) is 0 Å². The quantitative estimate of drug-likeness (QED) is 0.730. The molecule has 2 rings (SSSR count). The number of rotatable bonds is 1. The van der Waals surface area contributed by atoms with Crippen molar-refractivity contribution in [2.24, 2.45) is 0 Å². The third kappa shape index (κ3) is 1.31. The third-order valence-corrected chi connectivity index (χ3v) is 4.80. The molecule has 0 N–H and O–H groups in total. The van der Waals surface area contributed by atoms with Crippen LogP contribution >= 0.6 is 15.9 Å². The molecule has 0 radical (unpaired) electrons. The summed E-state index contributed by atoms with van der Waals surface area (Å²) in [4.78, 5) is 11.0. The van der Waals surface area contributed by atoms with Crippen LogP contribution in [0.25, 0.3) is 0 Å². The molecule has 74 valence electrons. The van der Waals surface area contributed by atoms with Crippen LogP contribution in [-0.2, 0) is 14.6 Å². The Bertz CT molecular complexity index is 493. The van der Waals surface area contributed by atoms with E-state index in [-0.39, 0.29) is 10.6 Å². The molecule has 1 atom stereocenters. The summed E-state index contributed by atoms with van der Waals surface area (Å²) in [6.07, 6.45) is 0.689. The maximum absolute atomic E-state index is 11.6. The fourth-order valence-corrected chi connectivity index (χ4v) is 4.24. The van der Waals surface area contributed by atoms with Gasteiger partial charge in [0.25, 0.3) is 0 Å². The highest BCUT2D eigenvalue weighted by atomic mass is 79.9. The Hall–Kier alpha value is -0.680. The van der Waals surface area contributed by atoms with Gasteiger partial charge in [0.15, 0.2) is 9.84 Å². The highest BCUT2D eigenvalue weighted by molar-refractivity contribution is 9.10. The van der Waals surface area contributed by atoms with E-state index in [9.17, 15) is 13.2 Å². The fraction of sp³-hybridized carbons (Fsp3) is 0.222. The fourth-order valence-electron chi connectivity index (χ4n) is 1.67. The number of hydrogen-bond acceptors (Lipinski definition) is 3. The molecule has 0 fully saturated rings. The van der Waals surface area contributed by atoms with Gasteiger partial charge in [-0.25, -0.2) is 8.42 Å². The highest BCUT2D eigenvalue weighted by Crippen LogP contribution is 2.38. The van der Waals surface area contributed by atoms with Gasteiger partial charge in [0.05, 0.1) is 16.6 Å². The monoisotopic (exact) mass is 274 g/mol. The Kier molecular flexibility index (Phi) is 2.23. The van der Waals surface area contributed by atoms with E-state index < -0.39 is 15.8 Å². The van der Waals surface area contributed by atoms with Crippen LogP contribution in [0, 0.1) is 0 Å². The first-order valence-corrected chi connectivity index (χ1v) is 6.47. The third-order valence-electron chi connectivity index (χ3n) is 2.28. The molecule has 0 bridgehead atoms. The summed E-state index contributed by atoms with van der Waals surface area (Å²) in [5, 5.41) is 0. The Balaban J connectivity index is 2.77. The standard InChI is InChI=1S/C9H7BrO3S/c10-7-2-1-3-8-9(7)6(4-11)5-14(8,12)13/h1-4,6H,5H2. The molecule has 0 aliphatic carbocycles. The molecule has 0 amide bonds. The largest absolute Gasteiger partial charge is 0.303 e. The Labute approximate surface area is 90.2 Å². The van der Waals surface area contributed by atoms with Gasteiger partial charge in [-0.3, -0.25) is 0 Å². The van der Waals surface area contributed by atoms with Crippen molar-refractivity contribution in [1.82, 2.24) is 0 Å². The molecule has 0 saturated carbocycles. The summed E-state index contributed by atoms with van der Waals surface area (Å²) in [5.41, 5.74) is 0.600. The number of benzene rings is 1. The molecule has 1 aromatic carbocycles. The molecule has 0 spiro atoms. The van der Waals surface area contributed by atoms with Crippen molar-refractivity contribution >= 4 is 32.1 Å². The number of fused-ring (bicyclic) bond motifs is 1. The van der Waals surface area contributed by atoms with E-state index in [0.717, 1.165) is 0 Å². The molecule has 5 heteroatoms. The van der Waals surface area contributed by atoms with Crippen LogP contribution in [0.2, 0.25) is 0 Å². The zero-order valence-corrected chi connectivity index (χ0v) is 9.51. The topological polar surface area (TPSA) is 51.2 Å². The Morgan fingerprint density at radius 3 is 2.79 bits per heavy atom. The van der Waals surface area contributed by atoms with Crippen LogP contribution in [0.1, 0.15) is 11.5 Å². The molecule has 3 nitrogen and oxygen atoms in total. The van der Waals surface area contributed by atoms with Gasteiger partial charge in [0, 0.05) is 4.47 Å². The summed E-state index contributed by atoms with van der Waals surface area (Å²) in [6.45, 7) is 0. The van der Waals surface area contributed by atoms with Gasteiger partial charge >= 0.3 is 0 Å². The number of carbonyl (C=O) groups excluding carboxylic acids is 1. The minimum atomic E-state index is -3.25. The summed E-state index contributed by atoms with van der Waals surface area (Å²) < 4.78 is 23.9. The van der Waals surface area contributed by atoms with Crippen molar-refractivity contribution in [3.05, 3.63) is 28.2 Å². The molecule has 1 unspecified atom stereocenters. The average molecular weight is 275 g/mol. The molecule has 14 heavy (non-hydrogen) atoms. The zero-order chi connectivity index (χ0) is 10.3. The minimum absolute atomic E-state index is 0.103. The van der Waals surface area contributed by atoms with E-state index in [1.54, 1.807) is 18.2 Å². The van der Waals surface area contributed by atoms with Crippen molar-refractivity contribution in [2.75, 3.05) is 5.75 Å². The van der Waals surface area contributed by atoms with Crippen molar-refractivity contribution in [3.8, 4) is 0 Å². The molecule has 0 saturated heterocycles. The summed E-state index contributed by atoms with van der Waals surface area (Å²) in [7, 11) is -3.25. The Morgan fingerprint density at radius 1 is 1.43 bits per heavy atom. The summed E-state index contributed by atoms with van der Waals surface area (Å²) in [5.74, 6) is -0.625. The summed E-state index contributed by atoms with van der Waals surface area (Å²) in [6, 6.07) is 4.95. The minimum Gasteiger partial charge on any atom is -0.303 e. The molecule has 1 aromatic rings. The van der Waals surface area contributed by atoms with Crippen LogP contribution in [0.3, 0.4) is 0 Å². The first kappa shape index (κ1) is 9.86. The second-order valence-corrected chi connectivity index (χ2v) is 6.03. The van der Waals surface area contributed by atoms with Crippen molar-refractivity contribution in [2.45, 2.75) is 10.8 Å². The van der Waals surface area contributed by atoms with Crippen molar-refractivity contribution in [3.63, 3.8) is 0 Å². The number of sulfone groups is 1. The van der Waals surface area contributed by atoms with E-state index in [4.69, 9.17) is 0 Å². The van der Waals surface area contributed by atoms with Crippen molar-refractivity contribution < 1.29 is 13.2 Å². The maximum Gasteiger partial charge on any atom is 0.179 e. The van der Waals surface area contributed by atoms with Gasteiger partial charge in [-0.1, -0.05) is 22.0 Å². The van der Waals surface area contributed by atoms with E-state index in [0.29, 0.717) is 16.3 Å². The highest BCUT2D eigenvalue weighted by Gasteiger charge is 2.35. The lowest BCUT2D eigenvalue weighted by Gasteiger charge is -2.02. The van der Waals surface area contributed by atoms with Gasteiger partial charge in [0.2, 0.25) is 0 Å². The van der Waals surface area contributed by atoms with Gasteiger partial charge in [0.1, 0.15) is 6.29 Å². The van der Waals surface area contributed by atoms with Gasteiger partial charge in [-0.2, -0.15) is 0 Å². The molecular weight excluding hydrogens is 268 g/mol. The maximum atomic E-state index is 11.6. The molecular formula is C9H7BrO3S. The molecule has 1 aliphatic rings. The number of hydrogen-bond donors (Lipinski definition) is 0. The van der Waals surface area contributed by atoms with Crippen LogP contribution in [0.15, 0.2) is 27.6 Å². The molecule has 0 aromatic heterocycles. The van der Waals surface area contributed by atoms with Gasteiger partial charge in [-0.05, 0) is 17.7 Å².